The number of carbonyl (C=O) groups excluding carboxylic acids is 2. The van der Waals surface area contributed by atoms with E-state index in [4.69, 9.17) is 17.3 Å². The first-order valence-corrected chi connectivity index (χ1v) is 7.80. The van der Waals surface area contributed by atoms with Crippen molar-refractivity contribution in [3.05, 3.63) is 23.4 Å². The van der Waals surface area contributed by atoms with Gasteiger partial charge in [-0.2, -0.15) is 0 Å². The molecule has 22 heavy (non-hydrogen) atoms. The van der Waals surface area contributed by atoms with E-state index < -0.39 is 0 Å². The van der Waals surface area contributed by atoms with E-state index in [0.29, 0.717) is 30.5 Å². The van der Waals surface area contributed by atoms with E-state index >= 15 is 0 Å². The summed E-state index contributed by atoms with van der Waals surface area (Å²) in [5.74, 6) is -0.0644. The minimum Gasteiger partial charge on any atom is -0.342 e. The van der Waals surface area contributed by atoms with E-state index in [0.717, 1.165) is 12.8 Å². The maximum Gasteiger partial charge on any atom is 0.230 e. The molecular weight excluding hydrogens is 304 g/mol. The van der Waals surface area contributed by atoms with Gasteiger partial charge in [0.25, 0.3) is 0 Å². The molecule has 2 atom stereocenters. The third-order valence-electron chi connectivity index (χ3n) is 3.86. The van der Waals surface area contributed by atoms with Crippen molar-refractivity contribution in [1.29, 1.82) is 0 Å². The summed E-state index contributed by atoms with van der Waals surface area (Å²) in [6.07, 6.45) is 3.06. The molecule has 120 valence electrons. The Balaban J connectivity index is 1.95. The Morgan fingerprint density at radius 2 is 2.32 bits per heavy atom. The summed E-state index contributed by atoms with van der Waals surface area (Å²) in [7, 11) is 0. The lowest BCUT2D eigenvalue weighted by Gasteiger charge is -2.33. The SMILES string of the molecule is CC(CN)C(=O)N1CCCC(C(=O)Nc2ccc(Cl)cn2)C1. The maximum atomic E-state index is 12.3. The molecule has 0 spiro atoms. The fourth-order valence-electron chi connectivity index (χ4n) is 2.48. The van der Waals surface area contributed by atoms with Crippen LogP contribution < -0.4 is 11.1 Å². The van der Waals surface area contributed by atoms with Gasteiger partial charge in [-0.15, -0.1) is 0 Å². The Labute approximate surface area is 135 Å². The van der Waals surface area contributed by atoms with Crippen molar-refractivity contribution in [2.45, 2.75) is 19.8 Å². The van der Waals surface area contributed by atoms with Crippen LogP contribution in [0.2, 0.25) is 5.02 Å². The summed E-state index contributed by atoms with van der Waals surface area (Å²) >= 11 is 5.76. The summed E-state index contributed by atoms with van der Waals surface area (Å²) in [4.78, 5) is 30.3. The first kappa shape index (κ1) is 16.7. The molecule has 1 saturated heterocycles. The highest BCUT2D eigenvalue weighted by Crippen LogP contribution is 2.20. The zero-order valence-corrected chi connectivity index (χ0v) is 13.3. The van der Waals surface area contributed by atoms with Gasteiger partial charge in [0.15, 0.2) is 0 Å². The van der Waals surface area contributed by atoms with Crippen LogP contribution in [0.25, 0.3) is 0 Å². The molecule has 1 aromatic rings. The van der Waals surface area contributed by atoms with E-state index in [2.05, 4.69) is 10.3 Å². The van der Waals surface area contributed by atoms with Gasteiger partial charge in [-0.25, -0.2) is 4.98 Å². The van der Waals surface area contributed by atoms with Crippen LogP contribution in [-0.4, -0.2) is 41.3 Å². The van der Waals surface area contributed by atoms with Crippen LogP contribution in [0.4, 0.5) is 5.82 Å². The molecule has 0 radical (unpaired) electrons. The molecule has 7 heteroatoms. The quantitative estimate of drug-likeness (QED) is 0.878. The lowest BCUT2D eigenvalue weighted by atomic mass is 9.96. The molecule has 0 aliphatic carbocycles. The molecule has 1 aliphatic rings. The summed E-state index contributed by atoms with van der Waals surface area (Å²) < 4.78 is 0. The molecule has 3 N–H and O–H groups in total. The van der Waals surface area contributed by atoms with Gasteiger partial charge in [-0.1, -0.05) is 18.5 Å². The highest BCUT2D eigenvalue weighted by atomic mass is 35.5. The molecule has 1 aliphatic heterocycles. The number of nitrogens with one attached hydrogen (secondary N) is 1. The number of likely N-dealkylation sites (tertiary alicyclic amines) is 1. The van der Waals surface area contributed by atoms with Gasteiger partial charge < -0.3 is 16.0 Å². The Morgan fingerprint density at radius 3 is 2.95 bits per heavy atom. The van der Waals surface area contributed by atoms with E-state index in [-0.39, 0.29) is 23.7 Å². The monoisotopic (exact) mass is 324 g/mol. The molecule has 0 aromatic carbocycles. The van der Waals surface area contributed by atoms with E-state index in [1.54, 1.807) is 17.0 Å². The van der Waals surface area contributed by atoms with Crippen molar-refractivity contribution >= 4 is 29.2 Å². The predicted molar refractivity (Wildman–Crippen MR) is 85.4 cm³/mol. The van der Waals surface area contributed by atoms with Crippen LogP contribution in [0.1, 0.15) is 19.8 Å². The maximum absolute atomic E-state index is 12.3. The number of aromatic nitrogens is 1. The van der Waals surface area contributed by atoms with Gasteiger partial charge in [0, 0.05) is 31.7 Å². The highest BCUT2D eigenvalue weighted by molar-refractivity contribution is 6.30. The van der Waals surface area contributed by atoms with Gasteiger partial charge in [-0.05, 0) is 25.0 Å². The number of pyridine rings is 1. The van der Waals surface area contributed by atoms with E-state index in [9.17, 15) is 9.59 Å². The summed E-state index contributed by atoms with van der Waals surface area (Å²) in [5, 5.41) is 3.29. The second-order valence-electron chi connectivity index (χ2n) is 5.61. The molecule has 1 fully saturated rings. The number of amides is 2. The molecule has 1 aromatic heterocycles. The lowest BCUT2D eigenvalue weighted by molar-refractivity contribution is -0.137. The third-order valence-corrected chi connectivity index (χ3v) is 4.08. The number of halogens is 1. The number of anilines is 1. The molecule has 0 saturated carbocycles. The topological polar surface area (TPSA) is 88.3 Å². The normalized spacial score (nSPS) is 19.6. The average molecular weight is 325 g/mol. The molecular formula is C15H21ClN4O2. The minimum absolute atomic E-state index is 0.0182. The summed E-state index contributed by atoms with van der Waals surface area (Å²) in [6.45, 7) is 3.25. The number of carbonyl (C=O) groups is 2. The predicted octanol–water partition coefficient (Wildman–Crippen LogP) is 1.51. The zero-order chi connectivity index (χ0) is 16.1. The second kappa shape index (κ2) is 7.56. The van der Waals surface area contributed by atoms with Gasteiger partial charge in [0.05, 0.1) is 10.9 Å². The molecule has 6 nitrogen and oxygen atoms in total. The van der Waals surface area contributed by atoms with Gasteiger partial charge >= 0.3 is 0 Å². The first-order chi connectivity index (χ1) is 10.5. The third kappa shape index (κ3) is 4.18. The average Bonchev–Trinajstić information content (AvgIpc) is 2.55. The smallest absolute Gasteiger partial charge is 0.230 e. The minimum atomic E-state index is -0.222. The van der Waals surface area contributed by atoms with Crippen molar-refractivity contribution in [3.8, 4) is 0 Å². The van der Waals surface area contributed by atoms with Crippen molar-refractivity contribution in [3.63, 3.8) is 0 Å². The molecule has 0 bridgehead atoms. The summed E-state index contributed by atoms with van der Waals surface area (Å²) in [6, 6.07) is 3.33. The van der Waals surface area contributed by atoms with Gasteiger partial charge in [-0.3, -0.25) is 9.59 Å². The number of nitrogens with zero attached hydrogens (tertiary/aromatic N) is 2. The Kier molecular flexibility index (Phi) is 5.74. The van der Waals surface area contributed by atoms with Crippen LogP contribution in [0.3, 0.4) is 0 Å². The van der Waals surface area contributed by atoms with Crippen LogP contribution in [0.5, 0.6) is 0 Å². The fourth-order valence-corrected chi connectivity index (χ4v) is 2.59. The first-order valence-electron chi connectivity index (χ1n) is 7.42. The standard InChI is InChI=1S/C15H21ClN4O2/c1-10(7-17)15(22)20-6-2-3-11(9-20)14(21)19-13-5-4-12(16)8-18-13/h4-5,8,10-11H,2-3,6-7,9,17H2,1H3,(H,18,19,21). The van der Waals surface area contributed by atoms with Crippen LogP contribution >= 0.6 is 11.6 Å². The molecule has 2 rings (SSSR count). The Bertz CT molecular complexity index is 535. The van der Waals surface area contributed by atoms with E-state index in [1.807, 2.05) is 6.92 Å². The number of hydrogen-bond acceptors (Lipinski definition) is 4. The lowest BCUT2D eigenvalue weighted by Crippen LogP contribution is -2.46. The van der Waals surface area contributed by atoms with Crippen molar-refractivity contribution in [1.82, 2.24) is 9.88 Å². The summed E-state index contributed by atoms with van der Waals surface area (Å²) in [5.41, 5.74) is 5.54. The van der Waals surface area contributed by atoms with Gasteiger partial charge in [0.2, 0.25) is 11.8 Å². The van der Waals surface area contributed by atoms with Crippen molar-refractivity contribution in [2.75, 3.05) is 25.0 Å². The van der Waals surface area contributed by atoms with Crippen molar-refractivity contribution < 1.29 is 9.59 Å². The van der Waals surface area contributed by atoms with Crippen LogP contribution in [0.15, 0.2) is 18.3 Å². The van der Waals surface area contributed by atoms with Gasteiger partial charge in [0.1, 0.15) is 5.82 Å². The number of piperidine rings is 1. The van der Waals surface area contributed by atoms with Crippen LogP contribution in [-0.2, 0) is 9.59 Å². The van der Waals surface area contributed by atoms with Crippen LogP contribution in [0, 0.1) is 11.8 Å². The highest BCUT2D eigenvalue weighted by Gasteiger charge is 2.30. The molecule has 2 heterocycles. The number of hydrogen-bond donors (Lipinski definition) is 2. The number of nitrogens with two attached hydrogens (primary N) is 1. The number of rotatable bonds is 4. The Morgan fingerprint density at radius 1 is 1.55 bits per heavy atom. The largest absolute Gasteiger partial charge is 0.342 e. The molecule has 2 unspecified atom stereocenters. The Hall–Kier alpha value is -1.66. The fraction of sp³-hybridized carbons (Fsp3) is 0.533. The molecule has 2 amide bonds. The second-order valence-corrected chi connectivity index (χ2v) is 6.05. The van der Waals surface area contributed by atoms with E-state index in [1.165, 1.54) is 6.20 Å². The zero-order valence-electron chi connectivity index (χ0n) is 12.6. The van der Waals surface area contributed by atoms with Crippen molar-refractivity contribution in [2.24, 2.45) is 17.6 Å².